The van der Waals surface area contributed by atoms with Crippen LogP contribution in [0, 0.1) is 11.3 Å². The molecule has 2 atom stereocenters. The first kappa shape index (κ1) is 24.7. The first-order valence-electron chi connectivity index (χ1n) is 12.8. The predicted octanol–water partition coefficient (Wildman–Crippen LogP) is 1.61. The van der Waals surface area contributed by atoms with E-state index in [4.69, 9.17) is 5.41 Å². The number of hydrogen-bond acceptors (Lipinski definition) is 6. The highest BCUT2D eigenvalue weighted by Gasteiger charge is 2.55. The van der Waals surface area contributed by atoms with Gasteiger partial charge in [0.1, 0.15) is 11.6 Å². The minimum atomic E-state index is -0.868. The molecule has 4 rings (SSSR count). The standard InChI is InChI=1S/C25H39N5O4/c1-2-3-13-29-23(32)21(22(31)19-7-5-4-6-8-19)27-24(33)25(29)11-14-28(15-12-25)16-18-9-10-20(26)30(34)17-18/h9-10,17,19,21-22,26,31,34H,2-8,11-16H2,1H3,(H,27,33)/t21-,22-/m1/s1. The van der Waals surface area contributed by atoms with Crippen LogP contribution in [-0.2, 0) is 16.1 Å². The largest absolute Gasteiger partial charge is 0.427 e. The number of rotatable bonds is 7. The second-order valence-electron chi connectivity index (χ2n) is 10.3. The molecule has 1 aromatic heterocycles. The summed E-state index contributed by atoms with van der Waals surface area (Å²) in [6.45, 7) is 4.50. The Hall–Kier alpha value is -2.39. The van der Waals surface area contributed by atoms with E-state index in [-0.39, 0.29) is 23.2 Å². The normalized spacial score (nSPS) is 24.9. The number of pyridine rings is 1. The van der Waals surface area contributed by atoms with Gasteiger partial charge in [-0.3, -0.25) is 19.9 Å². The quantitative estimate of drug-likeness (QED) is 0.448. The number of likely N-dealkylation sites (tertiary alicyclic amines) is 1. The second-order valence-corrected chi connectivity index (χ2v) is 10.3. The van der Waals surface area contributed by atoms with Gasteiger partial charge in [0.05, 0.1) is 12.3 Å². The topological polar surface area (TPSA) is 122 Å². The van der Waals surface area contributed by atoms with E-state index >= 15 is 0 Å². The number of carbonyl (C=O) groups excluding carboxylic acids is 2. The summed E-state index contributed by atoms with van der Waals surface area (Å²) < 4.78 is 0.804. The predicted molar refractivity (Wildman–Crippen MR) is 126 cm³/mol. The summed E-state index contributed by atoms with van der Waals surface area (Å²) in [5, 5.41) is 31.4. The number of aliphatic hydroxyl groups is 1. The molecule has 0 bridgehead atoms. The first-order valence-corrected chi connectivity index (χ1v) is 12.8. The second kappa shape index (κ2) is 10.5. The molecule has 1 saturated carbocycles. The molecule has 1 spiro atoms. The lowest BCUT2D eigenvalue weighted by Crippen LogP contribution is -2.75. The van der Waals surface area contributed by atoms with E-state index < -0.39 is 17.7 Å². The number of hydrogen-bond donors (Lipinski definition) is 4. The third kappa shape index (κ3) is 4.86. The van der Waals surface area contributed by atoms with Crippen molar-refractivity contribution in [2.24, 2.45) is 5.92 Å². The van der Waals surface area contributed by atoms with Crippen LogP contribution in [-0.4, -0.2) is 74.0 Å². The van der Waals surface area contributed by atoms with Crippen LogP contribution in [0.2, 0.25) is 0 Å². The number of piperidine rings is 1. The zero-order valence-electron chi connectivity index (χ0n) is 20.2. The molecule has 3 fully saturated rings. The van der Waals surface area contributed by atoms with Gasteiger partial charge in [-0.25, -0.2) is 0 Å². The van der Waals surface area contributed by atoms with Crippen molar-refractivity contribution < 1.29 is 19.9 Å². The van der Waals surface area contributed by atoms with Crippen LogP contribution in [0.1, 0.15) is 70.3 Å². The van der Waals surface area contributed by atoms with Crippen molar-refractivity contribution in [2.45, 2.75) is 88.9 Å². The highest BCUT2D eigenvalue weighted by atomic mass is 16.5. The van der Waals surface area contributed by atoms with Crippen LogP contribution in [0.15, 0.2) is 18.3 Å². The molecule has 0 radical (unpaired) electrons. The van der Waals surface area contributed by atoms with Gasteiger partial charge in [0.15, 0.2) is 5.49 Å². The number of aromatic nitrogens is 1. The smallest absolute Gasteiger partial charge is 0.248 e. The molecule has 9 heteroatoms. The molecular formula is C25H39N5O4. The minimum Gasteiger partial charge on any atom is -0.427 e. The minimum absolute atomic E-state index is 0.0234. The van der Waals surface area contributed by atoms with Crippen LogP contribution in [0.25, 0.3) is 0 Å². The highest BCUT2D eigenvalue weighted by molar-refractivity contribution is 6.00. The summed E-state index contributed by atoms with van der Waals surface area (Å²) >= 11 is 0. The Labute approximate surface area is 201 Å². The fourth-order valence-electron chi connectivity index (χ4n) is 5.92. The van der Waals surface area contributed by atoms with Crippen LogP contribution in [0.3, 0.4) is 0 Å². The van der Waals surface area contributed by atoms with Crippen LogP contribution >= 0.6 is 0 Å². The van der Waals surface area contributed by atoms with Crippen molar-refractivity contribution in [1.82, 2.24) is 19.8 Å². The summed E-state index contributed by atoms with van der Waals surface area (Å²) in [6.07, 6.45) is 8.65. The SMILES string of the molecule is CCCCN1C(=O)[C@@H]([C@H](O)C2CCCCC2)NC(=O)C12CCN(Cc1ccc(=N)n(O)c1)CC2. The number of nitrogens with zero attached hydrogens (tertiary/aromatic N) is 3. The molecule has 34 heavy (non-hydrogen) atoms. The van der Waals surface area contributed by atoms with Crippen LogP contribution in [0.4, 0.5) is 0 Å². The number of nitrogens with one attached hydrogen (secondary N) is 2. The average Bonchev–Trinajstić information content (AvgIpc) is 2.85. The molecule has 2 amide bonds. The molecular weight excluding hydrogens is 434 g/mol. The Morgan fingerprint density at radius 1 is 1.18 bits per heavy atom. The fourth-order valence-corrected chi connectivity index (χ4v) is 5.92. The first-order chi connectivity index (χ1) is 16.4. The fraction of sp³-hybridized carbons (Fsp3) is 0.720. The van der Waals surface area contributed by atoms with E-state index in [2.05, 4.69) is 17.1 Å². The molecule has 9 nitrogen and oxygen atoms in total. The zero-order valence-corrected chi connectivity index (χ0v) is 20.2. The average molecular weight is 474 g/mol. The van der Waals surface area contributed by atoms with Gasteiger partial charge in [0.2, 0.25) is 11.8 Å². The summed E-state index contributed by atoms with van der Waals surface area (Å²) in [4.78, 5) is 31.2. The number of aliphatic hydroxyl groups excluding tert-OH is 1. The molecule has 0 aromatic carbocycles. The Morgan fingerprint density at radius 3 is 2.53 bits per heavy atom. The van der Waals surface area contributed by atoms with E-state index in [0.29, 0.717) is 39.0 Å². The van der Waals surface area contributed by atoms with E-state index in [1.807, 2.05) is 6.07 Å². The zero-order chi connectivity index (χ0) is 24.3. The Morgan fingerprint density at radius 2 is 1.88 bits per heavy atom. The maximum atomic E-state index is 13.7. The molecule has 0 unspecified atom stereocenters. The van der Waals surface area contributed by atoms with Crippen molar-refractivity contribution in [2.75, 3.05) is 19.6 Å². The summed E-state index contributed by atoms with van der Waals surface area (Å²) in [5.41, 5.74) is 0.0420. The number of piperazine rings is 1. The van der Waals surface area contributed by atoms with Gasteiger partial charge in [-0.15, -0.1) is 0 Å². The van der Waals surface area contributed by atoms with Crippen LogP contribution < -0.4 is 10.8 Å². The van der Waals surface area contributed by atoms with E-state index in [0.717, 1.165) is 48.8 Å². The molecule has 2 aliphatic heterocycles. The van der Waals surface area contributed by atoms with Crippen molar-refractivity contribution in [3.8, 4) is 0 Å². The van der Waals surface area contributed by atoms with E-state index in [9.17, 15) is 19.9 Å². The van der Waals surface area contributed by atoms with E-state index in [1.165, 1.54) is 12.6 Å². The molecule has 188 valence electrons. The Kier molecular flexibility index (Phi) is 7.62. The van der Waals surface area contributed by atoms with Gasteiger partial charge in [-0.05, 0) is 49.7 Å². The third-order valence-corrected chi connectivity index (χ3v) is 8.05. The van der Waals surface area contributed by atoms with Crippen molar-refractivity contribution in [3.05, 3.63) is 29.4 Å². The van der Waals surface area contributed by atoms with Gasteiger partial charge < -0.3 is 20.5 Å². The summed E-state index contributed by atoms with van der Waals surface area (Å²) in [5.74, 6) is -0.197. The van der Waals surface area contributed by atoms with Gasteiger partial charge in [-0.2, -0.15) is 4.73 Å². The maximum Gasteiger partial charge on any atom is 0.248 e. The van der Waals surface area contributed by atoms with Crippen molar-refractivity contribution in [3.63, 3.8) is 0 Å². The van der Waals surface area contributed by atoms with E-state index in [1.54, 1.807) is 11.0 Å². The lowest BCUT2D eigenvalue weighted by Gasteiger charge is -2.52. The maximum absolute atomic E-state index is 13.7. The summed E-state index contributed by atoms with van der Waals surface area (Å²) in [7, 11) is 0. The Balaban J connectivity index is 1.48. The molecule has 3 aliphatic rings. The molecule has 2 saturated heterocycles. The molecule has 1 aromatic rings. The van der Waals surface area contributed by atoms with Gasteiger partial charge >= 0.3 is 0 Å². The van der Waals surface area contributed by atoms with Crippen molar-refractivity contribution in [1.29, 1.82) is 5.41 Å². The van der Waals surface area contributed by atoms with Gasteiger partial charge in [0, 0.05) is 26.2 Å². The monoisotopic (exact) mass is 473 g/mol. The number of unbranched alkanes of at least 4 members (excludes halogenated alkanes) is 1. The molecule has 3 heterocycles. The van der Waals surface area contributed by atoms with Gasteiger partial charge in [-0.1, -0.05) is 38.7 Å². The van der Waals surface area contributed by atoms with Gasteiger partial charge in [0.25, 0.3) is 0 Å². The third-order valence-electron chi connectivity index (χ3n) is 8.05. The lowest BCUT2D eigenvalue weighted by atomic mass is 9.78. The van der Waals surface area contributed by atoms with Crippen molar-refractivity contribution >= 4 is 11.8 Å². The lowest BCUT2D eigenvalue weighted by molar-refractivity contribution is -0.166. The Bertz CT molecular complexity index is 933. The summed E-state index contributed by atoms with van der Waals surface area (Å²) in [6, 6.07) is 2.53. The number of amides is 2. The number of carbonyl (C=O) groups is 2. The van der Waals surface area contributed by atoms with Crippen LogP contribution in [0.5, 0.6) is 0 Å². The molecule has 1 aliphatic carbocycles. The molecule has 4 N–H and O–H groups in total. The highest BCUT2D eigenvalue weighted by Crippen LogP contribution is 2.36.